The van der Waals surface area contributed by atoms with Gasteiger partial charge in [0.25, 0.3) is 5.56 Å². The highest BCUT2D eigenvalue weighted by molar-refractivity contribution is 7.99. The van der Waals surface area contributed by atoms with Gasteiger partial charge in [-0.3, -0.25) is 9.59 Å². The minimum absolute atomic E-state index is 0.0552. The fourth-order valence-corrected chi connectivity index (χ4v) is 4.82. The van der Waals surface area contributed by atoms with Crippen LogP contribution in [-0.4, -0.2) is 44.3 Å². The molecule has 9 nitrogen and oxygen atoms in total. The van der Waals surface area contributed by atoms with Crippen LogP contribution in [0.15, 0.2) is 68.4 Å². The van der Waals surface area contributed by atoms with Crippen molar-refractivity contribution in [3.8, 4) is 11.5 Å². The molecule has 1 amide bonds. The smallest absolute Gasteiger partial charge is 0.270 e. The van der Waals surface area contributed by atoms with Gasteiger partial charge in [0.2, 0.25) is 15.7 Å². The van der Waals surface area contributed by atoms with Gasteiger partial charge in [0.05, 0.1) is 36.1 Å². The number of anilines is 1. The van der Waals surface area contributed by atoms with E-state index in [4.69, 9.17) is 21.1 Å². The molecule has 12 heteroatoms. The van der Waals surface area contributed by atoms with Crippen molar-refractivity contribution in [2.45, 2.75) is 14.9 Å². The molecule has 1 heterocycles. The lowest BCUT2D eigenvalue weighted by molar-refractivity contribution is -0.113. The number of carbonyl (C=O) groups is 1. The largest absolute Gasteiger partial charge is 0.497 e. The van der Waals surface area contributed by atoms with Crippen molar-refractivity contribution in [2.24, 2.45) is 0 Å². The Labute approximate surface area is 193 Å². The molecule has 0 spiro atoms. The number of amides is 1. The van der Waals surface area contributed by atoms with Gasteiger partial charge in [-0.1, -0.05) is 29.4 Å². The maximum atomic E-state index is 12.8. The first kappa shape index (κ1) is 23.6. The van der Waals surface area contributed by atoms with Gasteiger partial charge in [-0.15, -0.1) is 0 Å². The summed E-state index contributed by atoms with van der Waals surface area (Å²) in [6.07, 6.45) is 0.953. The van der Waals surface area contributed by atoms with Crippen LogP contribution in [0.3, 0.4) is 0 Å². The number of nitrogens with zero attached hydrogens (tertiary/aromatic N) is 1. The first-order valence-corrected chi connectivity index (χ1v) is 11.8. The number of H-pyrrole nitrogens is 1. The van der Waals surface area contributed by atoms with Crippen LogP contribution in [0.1, 0.15) is 0 Å². The molecule has 1 aromatic heterocycles. The summed E-state index contributed by atoms with van der Waals surface area (Å²) in [5, 5.41) is 2.88. The van der Waals surface area contributed by atoms with E-state index in [9.17, 15) is 18.0 Å². The Kier molecular flexibility index (Phi) is 7.44. The van der Waals surface area contributed by atoms with Crippen molar-refractivity contribution in [1.82, 2.24) is 9.97 Å². The van der Waals surface area contributed by atoms with E-state index in [1.807, 2.05) is 0 Å². The van der Waals surface area contributed by atoms with E-state index in [0.29, 0.717) is 17.2 Å². The predicted octanol–water partition coefficient (Wildman–Crippen LogP) is 3.00. The summed E-state index contributed by atoms with van der Waals surface area (Å²) in [5.41, 5.74) is -0.307. The molecule has 32 heavy (non-hydrogen) atoms. The Bertz CT molecular complexity index is 1310. The molecule has 2 N–H and O–H groups in total. The van der Waals surface area contributed by atoms with Crippen LogP contribution in [0, 0.1) is 0 Å². The number of aromatic amines is 1. The van der Waals surface area contributed by atoms with Crippen LogP contribution in [0.5, 0.6) is 11.5 Å². The van der Waals surface area contributed by atoms with E-state index in [0.717, 1.165) is 18.0 Å². The van der Waals surface area contributed by atoms with Crippen molar-refractivity contribution < 1.29 is 22.7 Å². The van der Waals surface area contributed by atoms with Gasteiger partial charge in [-0.25, -0.2) is 13.4 Å². The number of sulfone groups is 1. The summed E-state index contributed by atoms with van der Waals surface area (Å²) >= 11 is 6.95. The molecule has 2 aromatic carbocycles. The Morgan fingerprint density at radius 1 is 1.19 bits per heavy atom. The molecular weight excluding hydrogens is 478 g/mol. The topological polar surface area (TPSA) is 127 Å². The van der Waals surface area contributed by atoms with Crippen molar-refractivity contribution in [2.75, 3.05) is 25.3 Å². The van der Waals surface area contributed by atoms with Gasteiger partial charge in [-0.2, -0.15) is 0 Å². The van der Waals surface area contributed by atoms with Crippen LogP contribution in [-0.2, 0) is 14.6 Å². The third-order valence-electron chi connectivity index (χ3n) is 4.16. The average molecular weight is 496 g/mol. The van der Waals surface area contributed by atoms with E-state index in [-0.39, 0.29) is 26.7 Å². The summed E-state index contributed by atoms with van der Waals surface area (Å²) in [7, 11) is -1.24. The number of halogens is 1. The normalized spacial score (nSPS) is 11.1. The minimum Gasteiger partial charge on any atom is -0.497 e. The summed E-state index contributed by atoms with van der Waals surface area (Å²) < 4.78 is 35.7. The zero-order valence-electron chi connectivity index (χ0n) is 16.9. The van der Waals surface area contributed by atoms with Gasteiger partial charge in [0.1, 0.15) is 11.5 Å². The first-order valence-electron chi connectivity index (χ1n) is 8.99. The SMILES string of the molecule is COc1cccc(NC(=O)CSc2ncc(S(=O)(=O)c3ccc(OC)c(Cl)c3)c(=O)[nH]2)c1. The molecule has 0 aliphatic carbocycles. The number of benzene rings is 2. The molecule has 168 valence electrons. The maximum Gasteiger partial charge on any atom is 0.270 e. The Morgan fingerprint density at radius 3 is 2.62 bits per heavy atom. The number of ether oxygens (including phenoxy) is 2. The van der Waals surface area contributed by atoms with Crippen molar-refractivity contribution in [3.05, 3.63) is 64.0 Å². The van der Waals surface area contributed by atoms with Crippen molar-refractivity contribution in [3.63, 3.8) is 0 Å². The third kappa shape index (κ3) is 5.42. The number of carbonyl (C=O) groups excluding carboxylic acids is 1. The van der Waals surface area contributed by atoms with Gasteiger partial charge in [0, 0.05) is 11.8 Å². The summed E-state index contributed by atoms with van der Waals surface area (Å²) in [6, 6.07) is 10.7. The maximum absolute atomic E-state index is 12.8. The second-order valence-corrected chi connectivity index (χ2v) is 9.54. The van der Waals surface area contributed by atoms with Crippen LogP contribution in [0.4, 0.5) is 5.69 Å². The molecule has 0 saturated heterocycles. The molecule has 0 aliphatic heterocycles. The van der Waals surface area contributed by atoms with E-state index in [2.05, 4.69) is 15.3 Å². The first-order chi connectivity index (χ1) is 15.2. The van der Waals surface area contributed by atoms with Gasteiger partial charge in [-0.05, 0) is 30.3 Å². The molecule has 0 fully saturated rings. The van der Waals surface area contributed by atoms with E-state index in [1.165, 1.54) is 32.4 Å². The van der Waals surface area contributed by atoms with E-state index >= 15 is 0 Å². The zero-order valence-corrected chi connectivity index (χ0v) is 19.3. The molecule has 0 radical (unpaired) electrons. The van der Waals surface area contributed by atoms with E-state index < -0.39 is 20.3 Å². The number of hydrogen-bond donors (Lipinski definition) is 2. The lowest BCUT2D eigenvalue weighted by Gasteiger charge is -2.08. The molecule has 0 unspecified atom stereocenters. The molecule has 0 atom stereocenters. The Morgan fingerprint density at radius 2 is 1.97 bits per heavy atom. The van der Waals surface area contributed by atoms with Gasteiger partial charge >= 0.3 is 0 Å². The van der Waals surface area contributed by atoms with Crippen LogP contribution in [0.25, 0.3) is 0 Å². The average Bonchev–Trinajstić information content (AvgIpc) is 2.77. The number of thioether (sulfide) groups is 1. The summed E-state index contributed by atoms with van der Waals surface area (Å²) in [6.45, 7) is 0. The Balaban J connectivity index is 1.71. The van der Waals surface area contributed by atoms with Crippen molar-refractivity contribution >= 4 is 44.8 Å². The molecule has 0 bridgehead atoms. The standard InChI is InChI=1S/C20H18ClN3O6S2/c1-29-13-5-3-4-12(8-13)23-18(25)11-31-20-22-10-17(19(26)24-20)32(27,28)14-6-7-16(30-2)15(21)9-14/h3-10H,11H2,1-2H3,(H,23,25)(H,22,24,26). The molecule has 3 aromatic rings. The highest BCUT2D eigenvalue weighted by Gasteiger charge is 2.23. The van der Waals surface area contributed by atoms with Gasteiger partial charge < -0.3 is 19.8 Å². The summed E-state index contributed by atoms with van der Waals surface area (Å²) in [4.78, 5) is 30.2. The molecule has 0 saturated carbocycles. The highest BCUT2D eigenvalue weighted by atomic mass is 35.5. The predicted molar refractivity (Wildman–Crippen MR) is 121 cm³/mol. The second-order valence-electron chi connectivity index (χ2n) is 6.25. The number of hydrogen-bond acceptors (Lipinski definition) is 8. The number of nitrogens with one attached hydrogen (secondary N) is 2. The fourth-order valence-electron chi connectivity index (χ4n) is 2.60. The van der Waals surface area contributed by atoms with Crippen LogP contribution in [0.2, 0.25) is 5.02 Å². The van der Waals surface area contributed by atoms with Crippen molar-refractivity contribution in [1.29, 1.82) is 0 Å². The lowest BCUT2D eigenvalue weighted by Crippen LogP contribution is -2.20. The highest BCUT2D eigenvalue weighted by Crippen LogP contribution is 2.29. The van der Waals surface area contributed by atoms with E-state index in [1.54, 1.807) is 24.3 Å². The summed E-state index contributed by atoms with van der Waals surface area (Å²) in [5.74, 6) is 0.504. The minimum atomic E-state index is -4.16. The van der Waals surface area contributed by atoms with Gasteiger partial charge in [0.15, 0.2) is 10.1 Å². The number of aromatic nitrogens is 2. The molecular formula is C20H18ClN3O6S2. The molecule has 0 aliphatic rings. The zero-order chi connectivity index (χ0) is 23.3. The number of rotatable bonds is 8. The monoisotopic (exact) mass is 495 g/mol. The third-order valence-corrected chi connectivity index (χ3v) is 7.09. The Hall–Kier alpha value is -3.02. The van der Waals surface area contributed by atoms with Crippen LogP contribution < -0.4 is 20.3 Å². The quantitative estimate of drug-likeness (QED) is 0.360. The number of methoxy groups -OCH3 is 2. The fraction of sp³-hybridized carbons (Fsp3) is 0.150. The molecule has 3 rings (SSSR count). The lowest BCUT2D eigenvalue weighted by atomic mass is 10.3. The second kappa shape index (κ2) is 10.1. The van der Waals surface area contributed by atoms with Crippen LogP contribution >= 0.6 is 23.4 Å².